The van der Waals surface area contributed by atoms with E-state index >= 15 is 0 Å². The van der Waals surface area contributed by atoms with Crippen LogP contribution in [0.25, 0.3) is 0 Å². The van der Waals surface area contributed by atoms with Crippen LogP contribution in [0.5, 0.6) is 0 Å². The molecule has 6 heteroatoms. The fourth-order valence-electron chi connectivity index (χ4n) is 2.16. The van der Waals surface area contributed by atoms with Gasteiger partial charge in [-0.05, 0) is 25.0 Å². The molecule has 18 heavy (non-hydrogen) atoms. The van der Waals surface area contributed by atoms with Crippen LogP contribution in [0.2, 0.25) is 0 Å². The molecule has 2 rings (SSSR count). The summed E-state index contributed by atoms with van der Waals surface area (Å²) >= 11 is 0. The molecule has 1 aromatic carbocycles. The van der Waals surface area contributed by atoms with Gasteiger partial charge in [-0.1, -0.05) is 24.6 Å². The number of carbonyl (C=O) groups is 1. The lowest BCUT2D eigenvalue weighted by atomic mass is 10.1. The van der Waals surface area contributed by atoms with Gasteiger partial charge in [0.15, 0.2) is 0 Å². The van der Waals surface area contributed by atoms with Gasteiger partial charge in [0.05, 0.1) is 16.9 Å². The molecule has 1 aliphatic heterocycles. The van der Waals surface area contributed by atoms with Crippen LogP contribution in [-0.4, -0.2) is 31.3 Å². The van der Waals surface area contributed by atoms with Gasteiger partial charge in [-0.3, -0.25) is 0 Å². The molecule has 1 aliphatic rings. The van der Waals surface area contributed by atoms with E-state index in [0.717, 1.165) is 4.31 Å². The Morgan fingerprint density at radius 3 is 2.50 bits per heavy atom. The van der Waals surface area contributed by atoms with Crippen LogP contribution in [0, 0.1) is 0 Å². The Morgan fingerprint density at radius 2 is 1.89 bits per heavy atom. The fraction of sp³-hybridized carbons (Fsp3) is 0.417. The molecule has 0 aliphatic carbocycles. The van der Waals surface area contributed by atoms with Crippen molar-refractivity contribution in [2.24, 2.45) is 0 Å². The lowest BCUT2D eigenvalue weighted by Crippen LogP contribution is -2.52. The van der Waals surface area contributed by atoms with Crippen molar-refractivity contribution < 1.29 is 18.3 Å². The molecule has 1 saturated heterocycles. The largest absolute Gasteiger partial charge is 0.548 e. The summed E-state index contributed by atoms with van der Waals surface area (Å²) in [6.07, 6.45) is 1.70. The first kappa shape index (κ1) is 13.0. The van der Waals surface area contributed by atoms with Gasteiger partial charge in [-0.15, -0.1) is 0 Å². The number of sulfonamides is 1. The molecule has 0 bridgehead atoms. The third-order valence-electron chi connectivity index (χ3n) is 3.08. The van der Waals surface area contributed by atoms with Crippen molar-refractivity contribution in [3.8, 4) is 0 Å². The van der Waals surface area contributed by atoms with E-state index in [2.05, 4.69) is 0 Å². The molecule has 1 atom stereocenters. The molecule has 98 valence electrons. The molecule has 0 radical (unpaired) electrons. The number of benzene rings is 1. The van der Waals surface area contributed by atoms with Crippen molar-refractivity contribution in [2.45, 2.75) is 30.2 Å². The van der Waals surface area contributed by atoms with Crippen molar-refractivity contribution in [3.63, 3.8) is 0 Å². The number of carboxylic acids is 1. The first-order chi connectivity index (χ1) is 8.53. The number of hydrogen-bond donors (Lipinski definition) is 0. The summed E-state index contributed by atoms with van der Waals surface area (Å²) in [7, 11) is -3.74. The average molecular weight is 268 g/mol. The second-order valence-corrected chi connectivity index (χ2v) is 6.15. The second kappa shape index (κ2) is 5.07. The molecule has 1 fully saturated rings. The maximum atomic E-state index is 12.3. The quantitative estimate of drug-likeness (QED) is 0.772. The number of nitrogens with zero attached hydrogens (tertiary/aromatic N) is 1. The van der Waals surface area contributed by atoms with E-state index in [1.807, 2.05) is 0 Å². The lowest BCUT2D eigenvalue weighted by molar-refractivity contribution is -0.311. The molecule has 0 saturated carbocycles. The summed E-state index contributed by atoms with van der Waals surface area (Å²) in [5.74, 6) is -1.32. The van der Waals surface area contributed by atoms with E-state index in [1.54, 1.807) is 18.2 Å². The van der Waals surface area contributed by atoms with E-state index in [4.69, 9.17) is 0 Å². The summed E-state index contributed by atoms with van der Waals surface area (Å²) in [5, 5.41) is 11.0. The van der Waals surface area contributed by atoms with Gasteiger partial charge in [0, 0.05) is 6.54 Å². The number of hydrogen-bond acceptors (Lipinski definition) is 4. The number of carbonyl (C=O) groups excluding carboxylic acids is 1. The Morgan fingerprint density at radius 1 is 1.22 bits per heavy atom. The Kier molecular flexibility index (Phi) is 3.68. The van der Waals surface area contributed by atoms with E-state index in [0.29, 0.717) is 19.3 Å². The first-order valence-electron chi connectivity index (χ1n) is 5.81. The molecule has 0 aromatic heterocycles. The Labute approximate surface area is 106 Å². The predicted octanol–water partition coefficient (Wildman–Crippen LogP) is -0.0203. The van der Waals surface area contributed by atoms with Gasteiger partial charge in [0.1, 0.15) is 0 Å². The van der Waals surface area contributed by atoms with Crippen LogP contribution in [0.1, 0.15) is 19.3 Å². The maximum absolute atomic E-state index is 12.3. The average Bonchev–Trinajstić information content (AvgIpc) is 2.39. The number of piperidine rings is 1. The summed E-state index contributed by atoms with van der Waals surface area (Å²) in [6.45, 7) is 0.232. The molecule has 0 unspecified atom stereocenters. The van der Waals surface area contributed by atoms with Crippen LogP contribution < -0.4 is 5.11 Å². The number of rotatable bonds is 3. The topological polar surface area (TPSA) is 77.5 Å². The highest BCUT2D eigenvalue weighted by Gasteiger charge is 2.33. The molecular formula is C12H14NO4S-. The summed E-state index contributed by atoms with van der Waals surface area (Å²) in [4.78, 5) is 11.1. The minimum Gasteiger partial charge on any atom is -0.548 e. The highest BCUT2D eigenvalue weighted by atomic mass is 32.2. The Bertz CT molecular complexity index is 526. The molecule has 0 spiro atoms. The monoisotopic (exact) mass is 268 g/mol. The van der Waals surface area contributed by atoms with Crippen molar-refractivity contribution in [1.82, 2.24) is 4.31 Å². The van der Waals surface area contributed by atoms with Crippen molar-refractivity contribution in [3.05, 3.63) is 30.3 Å². The third-order valence-corrected chi connectivity index (χ3v) is 5.00. The van der Waals surface area contributed by atoms with E-state index < -0.39 is 22.0 Å². The molecular weight excluding hydrogens is 254 g/mol. The SMILES string of the molecule is O=C([O-])[C@@H]1CCCCN1S(=O)(=O)c1ccccc1. The minimum absolute atomic E-state index is 0.123. The van der Waals surface area contributed by atoms with Crippen molar-refractivity contribution >= 4 is 16.0 Å². The number of aliphatic carboxylic acids is 1. The highest BCUT2D eigenvalue weighted by molar-refractivity contribution is 7.89. The lowest BCUT2D eigenvalue weighted by Gasteiger charge is -2.35. The van der Waals surface area contributed by atoms with Gasteiger partial charge in [0.25, 0.3) is 0 Å². The third kappa shape index (κ3) is 2.39. The Balaban J connectivity index is 2.36. The summed E-state index contributed by atoms with van der Waals surface area (Å²) in [6, 6.07) is 6.83. The van der Waals surface area contributed by atoms with E-state index in [1.165, 1.54) is 12.1 Å². The van der Waals surface area contributed by atoms with Crippen molar-refractivity contribution in [1.29, 1.82) is 0 Å². The first-order valence-corrected chi connectivity index (χ1v) is 7.25. The molecule has 1 aromatic rings. The number of carboxylic acid groups (broad SMARTS) is 1. The normalized spacial score (nSPS) is 21.7. The van der Waals surface area contributed by atoms with Gasteiger partial charge in [-0.2, -0.15) is 4.31 Å². The smallest absolute Gasteiger partial charge is 0.243 e. The zero-order chi connectivity index (χ0) is 13.2. The van der Waals surface area contributed by atoms with Gasteiger partial charge in [0.2, 0.25) is 10.0 Å². The van der Waals surface area contributed by atoms with Gasteiger partial charge < -0.3 is 9.90 Å². The van der Waals surface area contributed by atoms with Gasteiger partial charge in [-0.25, -0.2) is 8.42 Å². The zero-order valence-electron chi connectivity index (χ0n) is 9.78. The summed E-state index contributed by atoms with van der Waals surface area (Å²) < 4.78 is 25.7. The van der Waals surface area contributed by atoms with Gasteiger partial charge >= 0.3 is 0 Å². The molecule has 5 nitrogen and oxygen atoms in total. The van der Waals surface area contributed by atoms with Crippen LogP contribution in [0.15, 0.2) is 35.2 Å². The maximum Gasteiger partial charge on any atom is 0.243 e. The predicted molar refractivity (Wildman–Crippen MR) is 63.0 cm³/mol. The van der Waals surface area contributed by atoms with Crippen LogP contribution in [0.3, 0.4) is 0 Å². The van der Waals surface area contributed by atoms with E-state index in [9.17, 15) is 18.3 Å². The van der Waals surface area contributed by atoms with E-state index in [-0.39, 0.29) is 11.4 Å². The van der Waals surface area contributed by atoms with Crippen LogP contribution in [-0.2, 0) is 14.8 Å². The molecule has 0 amide bonds. The minimum atomic E-state index is -3.74. The van der Waals surface area contributed by atoms with Crippen molar-refractivity contribution in [2.75, 3.05) is 6.54 Å². The Hall–Kier alpha value is -1.40. The second-order valence-electron chi connectivity index (χ2n) is 4.26. The zero-order valence-corrected chi connectivity index (χ0v) is 10.6. The molecule has 1 heterocycles. The standard InChI is InChI=1S/C12H15NO4S/c14-12(15)11-8-4-5-9-13(11)18(16,17)10-6-2-1-3-7-10/h1-3,6-7,11H,4-5,8-9H2,(H,14,15)/p-1/t11-/m0/s1. The van der Waals surface area contributed by atoms with Crippen LogP contribution in [0.4, 0.5) is 0 Å². The fourth-order valence-corrected chi connectivity index (χ4v) is 3.82. The highest BCUT2D eigenvalue weighted by Crippen LogP contribution is 2.24. The summed E-state index contributed by atoms with van der Waals surface area (Å²) in [5.41, 5.74) is 0. The van der Waals surface area contributed by atoms with Crippen LogP contribution >= 0.6 is 0 Å². The molecule has 0 N–H and O–H groups in total.